The highest BCUT2D eigenvalue weighted by atomic mass is 32.2. The fraction of sp³-hybridized carbons (Fsp3) is 0.438. The largest absolute Gasteiger partial charge is 0.325 e. The number of imidazole rings is 1. The molecule has 1 fully saturated rings. The number of thioether (sulfide) groups is 1. The number of fused-ring (bicyclic) bond motifs is 1. The Morgan fingerprint density at radius 1 is 1.26 bits per heavy atom. The molecule has 1 aromatic carbocycles. The van der Waals surface area contributed by atoms with Crippen LogP contribution in [-0.2, 0) is 11.3 Å². The lowest BCUT2D eigenvalue weighted by molar-refractivity contribution is -0.130. The number of urea groups is 1. The molecule has 0 bridgehead atoms. The Hall–Kier alpha value is -2.02. The third kappa shape index (κ3) is 2.81. The number of rotatable bonds is 5. The van der Waals surface area contributed by atoms with E-state index in [1.807, 2.05) is 18.2 Å². The second-order valence-electron chi connectivity index (χ2n) is 5.99. The summed E-state index contributed by atoms with van der Waals surface area (Å²) < 4.78 is 2.15. The van der Waals surface area contributed by atoms with Gasteiger partial charge in [-0.05, 0) is 32.9 Å². The Bertz CT molecular complexity index is 769. The van der Waals surface area contributed by atoms with E-state index in [2.05, 4.69) is 27.9 Å². The van der Waals surface area contributed by atoms with Crippen molar-refractivity contribution >= 4 is 34.7 Å². The number of nitrogens with zero attached hydrogens (tertiary/aromatic N) is 3. The molecule has 0 unspecified atom stereocenters. The molecule has 0 atom stereocenters. The molecular weight excluding hydrogens is 312 g/mol. The van der Waals surface area contributed by atoms with Gasteiger partial charge in [-0.25, -0.2) is 9.78 Å². The summed E-state index contributed by atoms with van der Waals surface area (Å²) in [6.45, 7) is 6.73. The van der Waals surface area contributed by atoms with Gasteiger partial charge in [-0.3, -0.25) is 9.69 Å². The van der Waals surface area contributed by atoms with Crippen molar-refractivity contribution in [1.82, 2.24) is 19.8 Å². The number of carbonyl (C=O) groups is 2. The van der Waals surface area contributed by atoms with E-state index in [4.69, 9.17) is 0 Å². The molecule has 0 saturated carbocycles. The molecule has 6 nitrogen and oxygen atoms in total. The van der Waals surface area contributed by atoms with E-state index in [0.29, 0.717) is 12.3 Å². The van der Waals surface area contributed by atoms with Crippen LogP contribution in [0.1, 0.15) is 20.8 Å². The summed E-state index contributed by atoms with van der Waals surface area (Å²) in [5.74, 6) is 0.450. The first-order valence-corrected chi connectivity index (χ1v) is 8.65. The van der Waals surface area contributed by atoms with Crippen LogP contribution in [0.4, 0.5) is 4.79 Å². The van der Waals surface area contributed by atoms with Crippen molar-refractivity contribution in [3.63, 3.8) is 0 Å². The van der Waals surface area contributed by atoms with Gasteiger partial charge in [-0.15, -0.1) is 0 Å². The zero-order valence-corrected chi connectivity index (χ0v) is 14.3. The molecular formula is C16H20N4O2S. The van der Waals surface area contributed by atoms with E-state index in [1.165, 1.54) is 4.90 Å². The van der Waals surface area contributed by atoms with E-state index in [-0.39, 0.29) is 11.9 Å². The Morgan fingerprint density at radius 2 is 2.00 bits per heavy atom. The van der Waals surface area contributed by atoms with Gasteiger partial charge in [0.05, 0.1) is 11.0 Å². The number of para-hydroxylation sites is 2. The maximum Gasteiger partial charge on any atom is 0.325 e. The summed E-state index contributed by atoms with van der Waals surface area (Å²) in [7, 11) is 0. The quantitative estimate of drug-likeness (QED) is 0.675. The minimum Gasteiger partial charge on any atom is -0.324 e. The number of imide groups is 1. The van der Waals surface area contributed by atoms with Crippen LogP contribution in [0.5, 0.6) is 0 Å². The molecule has 2 heterocycles. The zero-order chi connectivity index (χ0) is 16.6. The number of nitrogens with one attached hydrogen (secondary N) is 1. The summed E-state index contributed by atoms with van der Waals surface area (Å²) in [6.07, 6.45) is 0. The molecule has 1 aliphatic rings. The summed E-state index contributed by atoms with van der Waals surface area (Å²) >= 11 is 1.57. The van der Waals surface area contributed by atoms with Gasteiger partial charge in [0.25, 0.3) is 5.91 Å². The minimum absolute atomic E-state index is 0.174. The summed E-state index contributed by atoms with van der Waals surface area (Å²) in [5.41, 5.74) is 1.26. The first-order valence-electron chi connectivity index (χ1n) is 7.66. The van der Waals surface area contributed by atoms with Crippen molar-refractivity contribution < 1.29 is 9.59 Å². The zero-order valence-electron chi connectivity index (χ0n) is 13.5. The fourth-order valence-electron chi connectivity index (χ4n) is 2.72. The predicted molar refractivity (Wildman–Crippen MR) is 90.5 cm³/mol. The van der Waals surface area contributed by atoms with Crippen LogP contribution < -0.4 is 5.32 Å². The second kappa shape index (κ2) is 5.88. The number of hydrogen-bond donors (Lipinski definition) is 1. The Kier molecular flexibility index (Phi) is 4.06. The number of amides is 3. The van der Waals surface area contributed by atoms with E-state index in [9.17, 15) is 9.59 Å². The molecule has 7 heteroatoms. The molecule has 1 saturated heterocycles. The topological polar surface area (TPSA) is 67.2 Å². The van der Waals surface area contributed by atoms with Crippen molar-refractivity contribution in [1.29, 1.82) is 0 Å². The number of carbonyl (C=O) groups excluding carboxylic acids is 2. The van der Waals surface area contributed by atoms with Crippen LogP contribution in [-0.4, -0.2) is 44.2 Å². The third-order valence-electron chi connectivity index (χ3n) is 3.93. The maximum absolute atomic E-state index is 12.2. The predicted octanol–water partition coefficient (Wildman–Crippen LogP) is 2.48. The number of hydrogen-bond acceptors (Lipinski definition) is 4. The summed E-state index contributed by atoms with van der Waals surface area (Å²) in [4.78, 5) is 29.9. The molecule has 0 spiro atoms. The van der Waals surface area contributed by atoms with Crippen LogP contribution in [0.3, 0.4) is 0 Å². The number of aryl methyl sites for hydroxylation is 1. The lowest BCUT2D eigenvalue weighted by atomic mass is 10.1. The average Bonchev–Trinajstić information content (AvgIpc) is 2.96. The molecule has 1 aromatic heterocycles. The highest BCUT2D eigenvalue weighted by molar-refractivity contribution is 7.99. The second-order valence-corrected chi connectivity index (χ2v) is 7.05. The SMILES string of the molecule is CCn1c(SCCN2C(=O)NC(C)(C)C2=O)nc2ccccc21. The molecule has 0 aliphatic carbocycles. The number of aromatic nitrogens is 2. The minimum atomic E-state index is -0.807. The van der Waals surface area contributed by atoms with Crippen LogP contribution in [0.25, 0.3) is 11.0 Å². The van der Waals surface area contributed by atoms with Gasteiger partial charge in [0.15, 0.2) is 5.16 Å². The molecule has 1 aliphatic heterocycles. The van der Waals surface area contributed by atoms with Gasteiger partial charge in [-0.1, -0.05) is 23.9 Å². The molecule has 0 radical (unpaired) electrons. The lowest BCUT2D eigenvalue weighted by Gasteiger charge is -2.15. The summed E-state index contributed by atoms with van der Waals surface area (Å²) in [6, 6.07) is 7.70. The molecule has 23 heavy (non-hydrogen) atoms. The first-order chi connectivity index (χ1) is 10.9. The van der Waals surface area contributed by atoms with Gasteiger partial charge in [0.2, 0.25) is 0 Å². The standard InChI is InChI=1S/C16H20N4O2S/c1-4-19-12-8-6-5-7-11(12)17-15(19)23-10-9-20-13(21)16(2,3)18-14(20)22/h5-8H,4,9-10H2,1-3H3,(H,18,22). The maximum atomic E-state index is 12.2. The van der Waals surface area contributed by atoms with Gasteiger partial charge in [0.1, 0.15) is 5.54 Å². The van der Waals surface area contributed by atoms with Crippen molar-refractivity contribution in [2.24, 2.45) is 0 Å². The fourth-order valence-corrected chi connectivity index (χ4v) is 3.72. The smallest absolute Gasteiger partial charge is 0.324 e. The van der Waals surface area contributed by atoms with Crippen LogP contribution in [0.2, 0.25) is 0 Å². The van der Waals surface area contributed by atoms with Crippen molar-refractivity contribution in [3.05, 3.63) is 24.3 Å². The van der Waals surface area contributed by atoms with E-state index < -0.39 is 5.54 Å². The molecule has 1 N–H and O–H groups in total. The van der Waals surface area contributed by atoms with E-state index >= 15 is 0 Å². The first kappa shape index (κ1) is 15.9. The third-order valence-corrected chi connectivity index (χ3v) is 4.88. The molecule has 2 aromatic rings. The summed E-state index contributed by atoms with van der Waals surface area (Å²) in [5, 5.41) is 3.61. The molecule has 3 amide bonds. The highest BCUT2D eigenvalue weighted by Crippen LogP contribution is 2.25. The van der Waals surface area contributed by atoms with Crippen LogP contribution in [0.15, 0.2) is 29.4 Å². The Morgan fingerprint density at radius 3 is 2.65 bits per heavy atom. The van der Waals surface area contributed by atoms with Crippen LogP contribution >= 0.6 is 11.8 Å². The molecule has 3 rings (SSSR count). The van der Waals surface area contributed by atoms with Gasteiger partial charge in [-0.2, -0.15) is 0 Å². The van der Waals surface area contributed by atoms with Crippen molar-refractivity contribution in [3.8, 4) is 0 Å². The van der Waals surface area contributed by atoms with Gasteiger partial charge >= 0.3 is 6.03 Å². The Labute approximate surface area is 139 Å². The molecule has 122 valence electrons. The monoisotopic (exact) mass is 332 g/mol. The highest BCUT2D eigenvalue weighted by Gasteiger charge is 2.43. The van der Waals surface area contributed by atoms with Crippen molar-refractivity contribution in [2.75, 3.05) is 12.3 Å². The average molecular weight is 332 g/mol. The Balaban J connectivity index is 1.70. The lowest BCUT2D eigenvalue weighted by Crippen LogP contribution is -2.40. The van der Waals surface area contributed by atoms with E-state index in [1.54, 1.807) is 25.6 Å². The number of benzene rings is 1. The van der Waals surface area contributed by atoms with Crippen molar-refractivity contribution in [2.45, 2.75) is 38.0 Å². The van der Waals surface area contributed by atoms with Crippen LogP contribution in [0, 0.1) is 0 Å². The van der Waals surface area contributed by atoms with E-state index in [0.717, 1.165) is 22.7 Å². The van der Waals surface area contributed by atoms with Gasteiger partial charge in [0, 0.05) is 18.8 Å². The normalized spacial score (nSPS) is 17.1. The van der Waals surface area contributed by atoms with Gasteiger partial charge < -0.3 is 9.88 Å².